The zero-order valence-corrected chi connectivity index (χ0v) is 10.7. The molecular formula is C12H26N2O. The van der Waals surface area contributed by atoms with Crippen molar-refractivity contribution in [2.24, 2.45) is 5.92 Å². The van der Waals surface area contributed by atoms with Crippen LogP contribution in [0.3, 0.4) is 0 Å². The van der Waals surface area contributed by atoms with Crippen LogP contribution in [0.25, 0.3) is 0 Å². The Bertz CT molecular complexity index is 163. The first kappa shape index (κ1) is 14.4. The summed E-state index contributed by atoms with van der Waals surface area (Å²) in [5.41, 5.74) is 0. The van der Waals surface area contributed by atoms with Gasteiger partial charge in [-0.1, -0.05) is 27.7 Å². The summed E-state index contributed by atoms with van der Waals surface area (Å²) in [6.07, 6.45) is 1.74. The molecule has 90 valence electrons. The number of hydrogen-bond acceptors (Lipinski definition) is 2. The van der Waals surface area contributed by atoms with Crippen LogP contribution in [0.5, 0.6) is 0 Å². The van der Waals surface area contributed by atoms with Gasteiger partial charge in [0.15, 0.2) is 0 Å². The lowest BCUT2D eigenvalue weighted by atomic mass is 10.1. The monoisotopic (exact) mass is 214 g/mol. The van der Waals surface area contributed by atoms with Crippen LogP contribution in [0, 0.1) is 5.92 Å². The minimum absolute atomic E-state index is 0.329. The molecule has 15 heavy (non-hydrogen) atoms. The van der Waals surface area contributed by atoms with Crippen molar-refractivity contribution >= 4 is 5.91 Å². The number of rotatable bonds is 3. The molecule has 1 fully saturated rings. The van der Waals surface area contributed by atoms with E-state index in [0.717, 1.165) is 39.0 Å². The van der Waals surface area contributed by atoms with Gasteiger partial charge in [-0.05, 0) is 12.3 Å². The van der Waals surface area contributed by atoms with Gasteiger partial charge in [0.05, 0.1) is 0 Å². The topological polar surface area (TPSA) is 32.3 Å². The fraction of sp³-hybridized carbons (Fsp3) is 0.917. The minimum Gasteiger partial charge on any atom is -0.340 e. The summed E-state index contributed by atoms with van der Waals surface area (Å²) in [4.78, 5) is 13.6. The number of carbonyl (C=O) groups excluding carboxylic acids is 1. The summed E-state index contributed by atoms with van der Waals surface area (Å²) in [7, 11) is 0. The van der Waals surface area contributed by atoms with Gasteiger partial charge in [-0.25, -0.2) is 0 Å². The number of nitrogens with one attached hydrogen (secondary N) is 1. The first-order chi connectivity index (χ1) is 7.20. The van der Waals surface area contributed by atoms with Crippen LogP contribution in [0.1, 0.15) is 40.5 Å². The normalized spacial score (nSPS) is 15.9. The van der Waals surface area contributed by atoms with Crippen LogP contribution in [-0.2, 0) is 4.79 Å². The molecule has 0 radical (unpaired) electrons. The van der Waals surface area contributed by atoms with E-state index in [9.17, 15) is 4.79 Å². The molecule has 3 heteroatoms. The summed E-state index contributed by atoms with van der Waals surface area (Å²) in [5, 5.41) is 3.24. The maximum absolute atomic E-state index is 11.6. The van der Waals surface area contributed by atoms with Crippen molar-refractivity contribution in [1.82, 2.24) is 10.2 Å². The van der Waals surface area contributed by atoms with Crippen LogP contribution in [0.2, 0.25) is 0 Å². The van der Waals surface area contributed by atoms with Crippen LogP contribution in [-0.4, -0.2) is 37.0 Å². The predicted molar refractivity (Wildman–Crippen MR) is 64.9 cm³/mol. The van der Waals surface area contributed by atoms with Gasteiger partial charge in [0.2, 0.25) is 5.91 Å². The number of amides is 1. The van der Waals surface area contributed by atoms with E-state index < -0.39 is 0 Å². The molecule has 3 nitrogen and oxygen atoms in total. The summed E-state index contributed by atoms with van der Waals surface area (Å²) < 4.78 is 0. The lowest BCUT2D eigenvalue weighted by Gasteiger charge is -2.27. The van der Waals surface area contributed by atoms with Gasteiger partial charge in [0, 0.05) is 32.6 Å². The third kappa shape index (κ3) is 6.50. The SMILES string of the molecule is CC.CC(C)CCC(=O)N1CCNCC1. The zero-order chi connectivity index (χ0) is 11.7. The van der Waals surface area contributed by atoms with Crippen molar-refractivity contribution in [3.05, 3.63) is 0 Å². The Morgan fingerprint density at radius 2 is 1.80 bits per heavy atom. The van der Waals surface area contributed by atoms with Crippen molar-refractivity contribution in [1.29, 1.82) is 0 Å². The molecule has 0 unspecified atom stereocenters. The fourth-order valence-electron chi connectivity index (χ4n) is 1.48. The van der Waals surface area contributed by atoms with Gasteiger partial charge in [-0.15, -0.1) is 0 Å². The molecule has 0 aromatic heterocycles. The number of nitrogens with zero attached hydrogens (tertiary/aromatic N) is 1. The van der Waals surface area contributed by atoms with Crippen molar-refractivity contribution in [3.63, 3.8) is 0 Å². The highest BCUT2D eigenvalue weighted by atomic mass is 16.2. The Hall–Kier alpha value is -0.570. The Morgan fingerprint density at radius 3 is 2.27 bits per heavy atom. The zero-order valence-electron chi connectivity index (χ0n) is 10.7. The standard InChI is InChI=1S/C10H20N2O.C2H6/c1-9(2)3-4-10(13)12-7-5-11-6-8-12;1-2/h9,11H,3-8H2,1-2H3;1-2H3. The van der Waals surface area contributed by atoms with E-state index in [1.54, 1.807) is 0 Å². The smallest absolute Gasteiger partial charge is 0.222 e. The second kappa shape index (κ2) is 8.72. The van der Waals surface area contributed by atoms with Crippen molar-refractivity contribution in [3.8, 4) is 0 Å². The van der Waals surface area contributed by atoms with Gasteiger partial charge in [-0.2, -0.15) is 0 Å². The molecule has 0 spiro atoms. The lowest BCUT2D eigenvalue weighted by molar-refractivity contribution is -0.132. The molecule has 1 rings (SSSR count). The first-order valence-corrected chi connectivity index (χ1v) is 6.18. The highest BCUT2D eigenvalue weighted by Gasteiger charge is 2.15. The Morgan fingerprint density at radius 1 is 1.27 bits per heavy atom. The minimum atomic E-state index is 0.329. The average molecular weight is 214 g/mol. The predicted octanol–water partition coefficient (Wildman–Crippen LogP) is 1.88. The molecule has 0 atom stereocenters. The van der Waals surface area contributed by atoms with Crippen LogP contribution in [0.15, 0.2) is 0 Å². The second-order valence-corrected chi connectivity index (χ2v) is 4.06. The van der Waals surface area contributed by atoms with Crippen molar-refractivity contribution < 1.29 is 4.79 Å². The van der Waals surface area contributed by atoms with E-state index in [-0.39, 0.29) is 0 Å². The summed E-state index contributed by atoms with van der Waals surface area (Å²) in [5.74, 6) is 0.960. The molecule has 1 amide bonds. The molecule has 0 bridgehead atoms. The summed E-state index contributed by atoms with van der Waals surface area (Å²) in [6.45, 7) is 12.0. The average Bonchev–Trinajstić information content (AvgIpc) is 2.30. The first-order valence-electron chi connectivity index (χ1n) is 6.18. The lowest BCUT2D eigenvalue weighted by Crippen LogP contribution is -2.46. The van der Waals surface area contributed by atoms with Gasteiger partial charge in [-0.3, -0.25) is 4.79 Å². The molecule has 0 aliphatic carbocycles. The van der Waals surface area contributed by atoms with Crippen LogP contribution in [0.4, 0.5) is 0 Å². The van der Waals surface area contributed by atoms with Crippen molar-refractivity contribution in [2.45, 2.75) is 40.5 Å². The molecule has 0 aromatic carbocycles. The van der Waals surface area contributed by atoms with Gasteiger partial charge in [0.25, 0.3) is 0 Å². The molecule has 0 aromatic rings. The number of carbonyl (C=O) groups is 1. The molecular weight excluding hydrogens is 188 g/mol. The Balaban J connectivity index is 0.000000921. The van der Waals surface area contributed by atoms with Gasteiger partial charge in [0.1, 0.15) is 0 Å². The maximum Gasteiger partial charge on any atom is 0.222 e. The van der Waals surface area contributed by atoms with E-state index in [1.165, 1.54) is 0 Å². The van der Waals surface area contributed by atoms with E-state index in [2.05, 4.69) is 19.2 Å². The highest BCUT2D eigenvalue weighted by Crippen LogP contribution is 2.06. The van der Waals surface area contributed by atoms with Crippen LogP contribution >= 0.6 is 0 Å². The molecule has 1 aliphatic heterocycles. The quantitative estimate of drug-likeness (QED) is 0.778. The third-order valence-electron chi connectivity index (χ3n) is 2.41. The molecule has 1 saturated heterocycles. The highest BCUT2D eigenvalue weighted by molar-refractivity contribution is 5.76. The molecule has 1 heterocycles. The number of hydrogen-bond donors (Lipinski definition) is 1. The van der Waals surface area contributed by atoms with E-state index in [4.69, 9.17) is 0 Å². The third-order valence-corrected chi connectivity index (χ3v) is 2.41. The summed E-state index contributed by atoms with van der Waals surface area (Å²) in [6, 6.07) is 0. The van der Waals surface area contributed by atoms with E-state index in [1.807, 2.05) is 18.7 Å². The molecule has 0 saturated carbocycles. The molecule has 1 aliphatic rings. The fourth-order valence-corrected chi connectivity index (χ4v) is 1.48. The van der Waals surface area contributed by atoms with Crippen molar-refractivity contribution in [2.75, 3.05) is 26.2 Å². The van der Waals surface area contributed by atoms with Gasteiger partial charge >= 0.3 is 0 Å². The van der Waals surface area contributed by atoms with Crippen LogP contribution < -0.4 is 5.32 Å². The summed E-state index contributed by atoms with van der Waals surface area (Å²) >= 11 is 0. The maximum atomic E-state index is 11.6. The largest absolute Gasteiger partial charge is 0.340 e. The van der Waals surface area contributed by atoms with E-state index in [0.29, 0.717) is 11.8 Å². The second-order valence-electron chi connectivity index (χ2n) is 4.06. The Labute approximate surface area is 94.2 Å². The van der Waals surface area contributed by atoms with E-state index >= 15 is 0 Å². The van der Waals surface area contributed by atoms with Gasteiger partial charge < -0.3 is 10.2 Å². The molecule has 1 N–H and O–H groups in total. The Kier molecular flexibility index (Phi) is 8.38. The number of piperazine rings is 1.